The summed E-state index contributed by atoms with van der Waals surface area (Å²) in [6.45, 7) is 0. The van der Waals surface area contributed by atoms with Gasteiger partial charge in [-0.1, -0.05) is 24.3 Å². The Bertz CT molecular complexity index is 593. The van der Waals surface area contributed by atoms with Crippen molar-refractivity contribution in [3.63, 3.8) is 0 Å². The third kappa shape index (κ3) is 2.65. The van der Waals surface area contributed by atoms with Crippen molar-refractivity contribution in [3.8, 4) is 5.75 Å². The van der Waals surface area contributed by atoms with E-state index in [1.165, 1.54) is 0 Å². The molecule has 0 amide bonds. The first-order chi connectivity index (χ1) is 8.72. The zero-order chi connectivity index (χ0) is 13.0. The fourth-order valence-electron chi connectivity index (χ4n) is 1.45. The number of carbonyl (C=O) groups is 2. The third-order valence-electron chi connectivity index (χ3n) is 2.34. The van der Waals surface area contributed by atoms with Crippen LogP contribution in [0.5, 0.6) is 5.75 Å². The Kier molecular flexibility index (Phi) is 3.89. The maximum atomic E-state index is 11.9. The Morgan fingerprint density at radius 3 is 2.44 bits per heavy atom. The van der Waals surface area contributed by atoms with Crippen molar-refractivity contribution < 1.29 is 14.3 Å². The van der Waals surface area contributed by atoms with Crippen molar-refractivity contribution in [1.82, 2.24) is 0 Å². The van der Waals surface area contributed by atoms with Gasteiger partial charge in [-0.05, 0) is 40.2 Å². The molecule has 0 aliphatic heterocycles. The van der Waals surface area contributed by atoms with Crippen molar-refractivity contribution in [2.75, 3.05) is 0 Å². The minimum absolute atomic E-state index is 0.258. The molecule has 0 atom stereocenters. The van der Waals surface area contributed by atoms with Gasteiger partial charge in [0.05, 0.1) is 11.1 Å². The lowest BCUT2D eigenvalue weighted by atomic mass is 10.2. The molecule has 3 nitrogen and oxygen atoms in total. The summed E-state index contributed by atoms with van der Waals surface area (Å²) in [4.78, 5) is 22.7. The molecule has 0 bridgehead atoms. The molecule has 0 fully saturated rings. The number of rotatable bonds is 3. The zero-order valence-corrected chi connectivity index (χ0v) is 10.9. The van der Waals surface area contributed by atoms with E-state index in [1.807, 2.05) is 0 Å². The maximum absolute atomic E-state index is 11.9. The molecule has 0 aliphatic carbocycles. The van der Waals surface area contributed by atoms with Crippen LogP contribution in [0, 0.1) is 0 Å². The van der Waals surface area contributed by atoms with Crippen molar-refractivity contribution >= 4 is 28.2 Å². The molecular formula is C14H9BrO3. The number of ether oxygens (including phenoxy) is 1. The number of para-hydroxylation sites is 1. The van der Waals surface area contributed by atoms with Gasteiger partial charge in [-0.2, -0.15) is 0 Å². The molecule has 90 valence electrons. The number of hydrogen-bond donors (Lipinski definition) is 0. The van der Waals surface area contributed by atoms with Gasteiger partial charge >= 0.3 is 5.97 Å². The van der Waals surface area contributed by atoms with Gasteiger partial charge < -0.3 is 4.74 Å². The van der Waals surface area contributed by atoms with Gasteiger partial charge in [0.25, 0.3) is 0 Å². The smallest absolute Gasteiger partial charge is 0.344 e. The van der Waals surface area contributed by atoms with Crippen LogP contribution in [-0.2, 0) is 0 Å². The average molecular weight is 305 g/mol. The molecule has 0 radical (unpaired) electrons. The van der Waals surface area contributed by atoms with Crippen LogP contribution in [-0.4, -0.2) is 12.3 Å². The van der Waals surface area contributed by atoms with Gasteiger partial charge in [0, 0.05) is 4.47 Å². The van der Waals surface area contributed by atoms with Crippen LogP contribution in [0.15, 0.2) is 53.0 Å². The van der Waals surface area contributed by atoms with E-state index in [0.29, 0.717) is 21.9 Å². The zero-order valence-electron chi connectivity index (χ0n) is 9.30. The Labute approximate surface area is 113 Å². The molecule has 4 heteroatoms. The van der Waals surface area contributed by atoms with Crippen molar-refractivity contribution in [3.05, 3.63) is 64.1 Å². The first kappa shape index (κ1) is 12.5. The average Bonchev–Trinajstić information content (AvgIpc) is 2.39. The van der Waals surface area contributed by atoms with Gasteiger partial charge in [0.15, 0.2) is 6.29 Å². The number of benzene rings is 2. The predicted octanol–water partition coefficient (Wildman–Crippen LogP) is 3.48. The molecule has 18 heavy (non-hydrogen) atoms. The van der Waals surface area contributed by atoms with Gasteiger partial charge in [0.2, 0.25) is 0 Å². The number of esters is 1. The molecule has 0 heterocycles. The molecule has 0 saturated carbocycles. The number of hydrogen-bond acceptors (Lipinski definition) is 3. The fraction of sp³-hybridized carbons (Fsp3) is 0. The summed E-state index contributed by atoms with van der Waals surface area (Å²) in [7, 11) is 0. The van der Waals surface area contributed by atoms with Crippen LogP contribution >= 0.6 is 15.9 Å². The van der Waals surface area contributed by atoms with E-state index in [0.717, 1.165) is 0 Å². The molecule has 0 saturated heterocycles. The van der Waals surface area contributed by atoms with Crippen molar-refractivity contribution in [2.45, 2.75) is 0 Å². The normalized spacial score (nSPS) is 9.83. The second-order valence-electron chi connectivity index (χ2n) is 3.53. The molecule has 2 aromatic rings. The molecule has 0 aliphatic rings. The van der Waals surface area contributed by atoms with Crippen LogP contribution in [0.2, 0.25) is 0 Å². The minimum Gasteiger partial charge on any atom is -0.422 e. The highest BCUT2D eigenvalue weighted by atomic mass is 79.9. The summed E-state index contributed by atoms with van der Waals surface area (Å²) in [6, 6.07) is 13.5. The summed E-state index contributed by atoms with van der Waals surface area (Å²) in [5, 5.41) is 0. The van der Waals surface area contributed by atoms with Gasteiger partial charge in [-0.25, -0.2) is 4.79 Å². The third-order valence-corrected chi connectivity index (χ3v) is 3.03. The second-order valence-corrected chi connectivity index (χ2v) is 4.38. The highest BCUT2D eigenvalue weighted by molar-refractivity contribution is 9.10. The lowest BCUT2D eigenvalue weighted by Crippen LogP contribution is -2.10. The van der Waals surface area contributed by atoms with E-state index in [9.17, 15) is 9.59 Å². The second kappa shape index (κ2) is 5.60. The summed E-state index contributed by atoms with van der Waals surface area (Å²) in [5.41, 5.74) is 0.760. The topological polar surface area (TPSA) is 43.4 Å². The van der Waals surface area contributed by atoms with Crippen molar-refractivity contribution in [1.29, 1.82) is 0 Å². The summed E-state index contributed by atoms with van der Waals surface area (Å²) in [5.74, 6) is -0.245. The van der Waals surface area contributed by atoms with E-state index in [4.69, 9.17) is 4.74 Å². The van der Waals surface area contributed by atoms with Gasteiger partial charge in [-0.3, -0.25) is 4.79 Å². The van der Waals surface area contributed by atoms with Crippen LogP contribution in [0.4, 0.5) is 0 Å². The molecule has 2 rings (SSSR count). The quantitative estimate of drug-likeness (QED) is 0.495. The largest absolute Gasteiger partial charge is 0.422 e. The Morgan fingerprint density at radius 2 is 1.72 bits per heavy atom. The Hall–Kier alpha value is -1.94. The molecule has 0 unspecified atom stereocenters. The minimum atomic E-state index is -0.503. The highest BCUT2D eigenvalue weighted by Gasteiger charge is 2.13. The lowest BCUT2D eigenvalue weighted by Gasteiger charge is -2.07. The van der Waals surface area contributed by atoms with E-state index < -0.39 is 5.97 Å². The van der Waals surface area contributed by atoms with E-state index in [1.54, 1.807) is 48.5 Å². The first-order valence-corrected chi connectivity index (χ1v) is 6.02. The maximum Gasteiger partial charge on any atom is 0.344 e. The van der Waals surface area contributed by atoms with Gasteiger partial charge in [-0.15, -0.1) is 0 Å². The molecule has 0 N–H and O–H groups in total. The van der Waals surface area contributed by atoms with Crippen LogP contribution in [0.1, 0.15) is 20.7 Å². The van der Waals surface area contributed by atoms with Crippen LogP contribution in [0.3, 0.4) is 0 Å². The summed E-state index contributed by atoms with van der Waals surface area (Å²) in [6.07, 6.45) is 0.655. The van der Waals surface area contributed by atoms with Gasteiger partial charge in [0.1, 0.15) is 5.75 Å². The lowest BCUT2D eigenvalue weighted by molar-refractivity contribution is 0.0732. The summed E-state index contributed by atoms with van der Waals surface area (Å²) >= 11 is 3.28. The standard InChI is InChI=1S/C14H9BrO3/c15-12-7-3-2-6-11(12)14(17)18-13-8-4-1-5-10(13)9-16/h1-9H. The SMILES string of the molecule is O=Cc1ccccc1OC(=O)c1ccccc1Br. The monoisotopic (exact) mass is 304 g/mol. The van der Waals surface area contributed by atoms with Crippen molar-refractivity contribution in [2.24, 2.45) is 0 Å². The van der Waals surface area contributed by atoms with E-state index in [2.05, 4.69) is 15.9 Å². The molecular weight excluding hydrogens is 296 g/mol. The number of halogens is 1. The molecule has 0 aromatic heterocycles. The van der Waals surface area contributed by atoms with E-state index in [-0.39, 0.29) is 5.75 Å². The Balaban J connectivity index is 2.27. The first-order valence-electron chi connectivity index (χ1n) is 5.23. The fourth-order valence-corrected chi connectivity index (χ4v) is 1.90. The number of carbonyl (C=O) groups excluding carboxylic acids is 2. The van der Waals surface area contributed by atoms with Crippen LogP contribution < -0.4 is 4.74 Å². The predicted molar refractivity (Wildman–Crippen MR) is 70.9 cm³/mol. The van der Waals surface area contributed by atoms with Crippen LogP contribution in [0.25, 0.3) is 0 Å². The summed E-state index contributed by atoms with van der Waals surface area (Å²) < 4.78 is 5.85. The highest BCUT2D eigenvalue weighted by Crippen LogP contribution is 2.21. The molecule has 0 spiro atoms. The Morgan fingerprint density at radius 1 is 1.06 bits per heavy atom. The number of aldehydes is 1. The van der Waals surface area contributed by atoms with E-state index >= 15 is 0 Å². The molecule has 2 aromatic carbocycles.